The number of hydrogen-bond acceptors (Lipinski definition) is 3. The predicted molar refractivity (Wildman–Crippen MR) is 113 cm³/mol. The highest BCUT2D eigenvalue weighted by atomic mass is 19.4. The standard InChI is InChI=1S/C24H20F3NO3/c25-24(26,27)19-12-13-22(31-16-15-30-20-9-5-2-6-10-20)21(17-19)28-23(29)14-11-18-7-3-1-4-8-18/h1-14,17H,15-16H2,(H,28,29)/b14-11-. The van der Waals surface area contributed by atoms with Crippen molar-refractivity contribution in [2.24, 2.45) is 0 Å². The van der Waals surface area contributed by atoms with E-state index < -0.39 is 17.6 Å². The summed E-state index contributed by atoms with van der Waals surface area (Å²) < 4.78 is 50.4. The molecule has 0 aliphatic carbocycles. The molecule has 0 aromatic heterocycles. The van der Waals surface area contributed by atoms with Crippen molar-refractivity contribution in [2.45, 2.75) is 6.18 Å². The van der Waals surface area contributed by atoms with Gasteiger partial charge >= 0.3 is 6.18 Å². The number of hydrogen-bond donors (Lipinski definition) is 1. The molecule has 0 bridgehead atoms. The summed E-state index contributed by atoms with van der Waals surface area (Å²) in [6.07, 6.45) is -1.73. The predicted octanol–water partition coefficient (Wildman–Crippen LogP) is 5.82. The Morgan fingerprint density at radius 3 is 2.19 bits per heavy atom. The topological polar surface area (TPSA) is 47.6 Å². The maximum absolute atomic E-state index is 13.1. The number of carbonyl (C=O) groups is 1. The number of halogens is 3. The molecule has 0 fully saturated rings. The zero-order valence-corrected chi connectivity index (χ0v) is 16.4. The molecule has 1 amide bonds. The first kappa shape index (κ1) is 22.0. The zero-order chi connectivity index (χ0) is 22.1. The van der Waals surface area contributed by atoms with Gasteiger partial charge in [0.25, 0.3) is 0 Å². The largest absolute Gasteiger partial charge is 0.490 e. The Balaban J connectivity index is 1.68. The molecule has 0 aliphatic rings. The average molecular weight is 427 g/mol. The Kier molecular flexibility index (Phi) is 7.32. The average Bonchev–Trinajstić information content (AvgIpc) is 2.77. The summed E-state index contributed by atoms with van der Waals surface area (Å²) in [5.74, 6) is 0.192. The summed E-state index contributed by atoms with van der Waals surface area (Å²) in [6, 6.07) is 21.1. The summed E-state index contributed by atoms with van der Waals surface area (Å²) in [5, 5.41) is 2.46. The van der Waals surface area contributed by atoms with Crippen molar-refractivity contribution in [1.82, 2.24) is 0 Å². The van der Waals surface area contributed by atoms with E-state index in [1.807, 2.05) is 36.4 Å². The van der Waals surface area contributed by atoms with E-state index in [9.17, 15) is 18.0 Å². The van der Waals surface area contributed by atoms with Crippen LogP contribution in [0.2, 0.25) is 0 Å². The molecule has 0 radical (unpaired) electrons. The van der Waals surface area contributed by atoms with E-state index in [1.165, 1.54) is 12.1 Å². The van der Waals surface area contributed by atoms with Crippen LogP contribution in [-0.2, 0) is 11.0 Å². The Bertz CT molecular complexity index is 1020. The Labute approximate surface area is 177 Å². The molecule has 0 saturated carbocycles. The minimum absolute atomic E-state index is 0.0720. The lowest BCUT2D eigenvalue weighted by molar-refractivity contribution is -0.137. The van der Waals surface area contributed by atoms with Crippen molar-refractivity contribution in [3.8, 4) is 11.5 Å². The third-order valence-corrected chi connectivity index (χ3v) is 4.14. The number of alkyl halides is 3. The van der Waals surface area contributed by atoms with Crippen molar-refractivity contribution in [3.05, 3.63) is 96.1 Å². The minimum atomic E-state index is -4.55. The van der Waals surface area contributed by atoms with Crippen LogP contribution in [0.15, 0.2) is 84.9 Å². The maximum Gasteiger partial charge on any atom is 0.416 e. The van der Waals surface area contributed by atoms with Crippen LogP contribution in [0.3, 0.4) is 0 Å². The molecule has 7 heteroatoms. The molecule has 0 aliphatic heterocycles. The Hall–Kier alpha value is -3.74. The monoisotopic (exact) mass is 427 g/mol. The summed E-state index contributed by atoms with van der Waals surface area (Å²) in [4.78, 5) is 12.3. The molecular formula is C24H20F3NO3. The lowest BCUT2D eigenvalue weighted by atomic mass is 10.1. The quantitative estimate of drug-likeness (QED) is 0.364. The maximum atomic E-state index is 13.1. The van der Waals surface area contributed by atoms with Crippen LogP contribution in [0, 0.1) is 0 Å². The fraction of sp³-hybridized carbons (Fsp3) is 0.125. The smallest absolute Gasteiger partial charge is 0.416 e. The van der Waals surface area contributed by atoms with Crippen molar-refractivity contribution < 1.29 is 27.4 Å². The number of amides is 1. The number of carbonyl (C=O) groups excluding carboxylic acids is 1. The summed E-state index contributed by atoms with van der Waals surface area (Å²) in [7, 11) is 0. The fourth-order valence-electron chi connectivity index (χ4n) is 2.67. The third kappa shape index (κ3) is 6.92. The first-order valence-electron chi connectivity index (χ1n) is 9.48. The summed E-state index contributed by atoms with van der Waals surface area (Å²) in [6.45, 7) is 0.273. The van der Waals surface area contributed by atoms with Crippen LogP contribution in [0.5, 0.6) is 11.5 Å². The van der Waals surface area contributed by atoms with Gasteiger partial charge in [-0.05, 0) is 42.0 Å². The highest BCUT2D eigenvalue weighted by Crippen LogP contribution is 2.35. The molecule has 0 heterocycles. The van der Waals surface area contributed by atoms with Crippen LogP contribution >= 0.6 is 0 Å². The molecule has 4 nitrogen and oxygen atoms in total. The van der Waals surface area contributed by atoms with Gasteiger partial charge in [0.2, 0.25) is 5.91 Å². The normalized spacial score (nSPS) is 11.3. The number of nitrogens with one attached hydrogen (secondary N) is 1. The van der Waals surface area contributed by atoms with Gasteiger partial charge in [-0.15, -0.1) is 0 Å². The highest BCUT2D eigenvalue weighted by molar-refractivity contribution is 6.02. The molecule has 160 valence electrons. The van der Waals surface area contributed by atoms with Crippen LogP contribution < -0.4 is 14.8 Å². The van der Waals surface area contributed by atoms with Gasteiger partial charge in [0, 0.05) is 6.08 Å². The van der Waals surface area contributed by atoms with Crippen molar-refractivity contribution in [3.63, 3.8) is 0 Å². The van der Waals surface area contributed by atoms with Crippen molar-refractivity contribution in [1.29, 1.82) is 0 Å². The second-order valence-electron chi connectivity index (χ2n) is 6.45. The second kappa shape index (κ2) is 10.3. The number of para-hydroxylation sites is 1. The number of benzene rings is 3. The highest BCUT2D eigenvalue weighted by Gasteiger charge is 2.31. The molecular weight excluding hydrogens is 407 g/mol. The van der Waals surface area contributed by atoms with E-state index >= 15 is 0 Å². The first-order chi connectivity index (χ1) is 14.9. The van der Waals surface area contributed by atoms with Crippen LogP contribution in [0.1, 0.15) is 11.1 Å². The SMILES string of the molecule is O=C(/C=C\c1ccccc1)Nc1cc(C(F)(F)F)ccc1OCCOc1ccccc1. The van der Waals surface area contributed by atoms with Crippen molar-refractivity contribution >= 4 is 17.7 Å². The van der Waals surface area contributed by atoms with Gasteiger partial charge in [0.05, 0.1) is 11.3 Å². The van der Waals surface area contributed by atoms with E-state index in [0.29, 0.717) is 5.75 Å². The van der Waals surface area contributed by atoms with Gasteiger partial charge < -0.3 is 14.8 Å². The second-order valence-corrected chi connectivity index (χ2v) is 6.45. The summed E-state index contributed by atoms with van der Waals surface area (Å²) >= 11 is 0. The number of anilines is 1. The number of rotatable bonds is 8. The van der Waals surface area contributed by atoms with Crippen LogP contribution in [0.25, 0.3) is 6.08 Å². The van der Waals surface area contributed by atoms with Gasteiger partial charge in [0.1, 0.15) is 24.7 Å². The van der Waals surface area contributed by atoms with E-state index in [0.717, 1.165) is 17.7 Å². The van der Waals surface area contributed by atoms with Gasteiger partial charge in [-0.2, -0.15) is 13.2 Å². The minimum Gasteiger partial charge on any atom is -0.490 e. The van der Waals surface area contributed by atoms with Crippen LogP contribution in [-0.4, -0.2) is 19.1 Å². The van der Waals surface area contributed by atoms with E-state index in [4.69, 9.17) is 9.47 Å². The molecule has 1 N–H and O–H groups in total. The molecule has 3 aromatic carbocycles. The van der Waals surface area contributed by atoms with Crippen LogP contribution in [0.4, 0.5) is 18.9 Å². The lowest BCUT2D eigenvalue weighted by Gasteiger charge is -2.15. The molecule has 0 unspecified atom stereocenters. The lowest BCUT2D eigenvalue weighted by Crippen LogP contribution is -2.14. The zero-order valence-electron chi connectivity index (χ0n) is 16.4. The van der Waals surface area contributed by atoms with Gasteiger partial charge in [0.15, 0.2) is 0 Å². The van der Waals surface area contributed by atoms with Gasteiger partial charge in [-0.25, -0.2) is 0 Å². The van der Waals surface area contributed by atoms with Crippen molar-refractivity contribution in [2.75, 3.05) is 18.5 Å². The van der Waals surface area contributed by atoms with E-state index in [-0.39, 0.29) is 24.7 Å². The van der Waals surface area contributed by atoms with Gasteiger partial charge in [-0.1, -0.05) is 48.5 Å². The Morgan fingerprint density at radius 1 is 0.871 bits per heavy atom. The molecule has 3 rings (SSSR count). The molecule has 0 spiro atoms. The van der Waals surface area contributed by atoms with E-state index in [2.05, 4.69) is 5.32 Å². The summed E-state index contributed by atoms with van der Waals surface area (Å²) in [5.41, 5.74) is -0.170. The fourth-order valence-corrected chi connectivity index (χ4v) is 2.67. The molecule has 3 aromatic rings. The third-order valence-electron chi connectivity index (χ3n) is 4.14. The molecule has 31 heavy (non-hydrogen) atoms. The molecule has 0 saturated heterocycles. The first-order valence-corrected chi connectivity index (χ1v) is 9.48. The molecule has 0 atom stereocenters. The van der Waals surface area contributed by atoms with Gasteiger partial charge in [-0.3, -0.25) is 4.79 Å². The number of ether oxygens (including phenoxy) is 2. The Morgan fingerprint density at radius 2 is 1.52 bits per heavy atom. The van der Waals surface area contributed by atoms with E-state index in [1.54, 1.807) is 30.3 Å².